The number of nitrogens with one attached hydrogen (secondary N) is 2. The first-order valence-corrected chi connectivity index (χ1v) is 10.8. The number of H-pyrrole nitrogens is 1. The average Bonchev–Trinajstić information content (AvgIpc) is 3.55. The van der Waals surface area contributed by atoms with Crippen molar-refractivity contribution in [2.45, 2.75) is 6.54 Å². The number of benzene rings is 2. The smallest absolute Gasteiger partial charge is 0.277 e. The maximum atomic E-state index is 12.6. The molecular formula is C23H24N8O2. The molecule has 1 aliphatic rings. The van der Waals surface area contributed by atoms with Crippen molar-refractivity contribution in [3.63, 3.8) is 0 Å². The van der Waals surface area contributed by atoms with Crippen molar-refractivity contribution >= 4 is 11.6 Å². The Kier molecular flexibility index (Phi) is 6.18. The van der Waals surface area contributed by atoms with Crippen molar-refractivity contribution in [3.8, 4) is 22.8 Å². The van der Waals surface area contributed by atoms with E-state index in [1.807, 2.05) is 54.6 Å². The van der Waals surface area contributed by atoms with Gasteiger partial charge in [-0.1, -0.05) is 35.5 Å². The topological polar surface area (TPSA) is 114 Å². The molecule has 33 heavy (non-hydrogen) atoms. The number of nitrogens with zero attached hydrogens (tertiary/aromatic N) is 6. The van der Waals surface area contributed by atoms with Crippen LogP contribution in [0.1, 0.15) is 10.5 Å². The molecule has 0 spiro atoms. The molecule has 0 unspecified atom stereocenters. The Balaban J connectivity index is 1.18. The zero-order valence-electron chi connectivity index (χ0n) is 18.0. The van der Waals surface area contributed by atoms with E-state index in [2.05, 4.69) is 35.7 Å². The molecule has 10 heteroatoms. The van der Waals surface area contributed by atoms with Gasteiger partial charge >= 0.3 is 0 Å². The molecule has 0 radical (unpaired) electrons. The van der Waals surface area contributed by atoms with Gasteiger partial charge in [-0.15, -0.1) is 5.10 Å². The standard InChI is InChI=1S/C23H24N8O2/c32-23(20-16-31(29-26-20)11-10-30-12-14-33-15-13-30)24-19-8-6-18(7-9-19)22-25-21(27-28-22)17-4-2-1-3-5-17/h1-9,16H,10-15H2,(H,24,32)(H,25,27,28). The second kappa shape index (κ2) is 9.72. The van der Waals surface area contributed by atoms with E-state index in [9.17, 15) is 4.79 Å². The van der Waals surface area contributed by atoms with Crippen LogP contribution in [0.3, 0.4) is 0 Å². The number of carbonyl (C=O) groups excluding carboxylic acids is 1. The van der Waals surface area contributed by atoms with E-state index >= 15 is 0 Å². The summed E-state index contributed by atoms with van der Waals surface area (Å²) in [5.41, 5.74) is 2.76. The number of morpholine rings is 1. The Bertz CT molecular complexity index is 1200. The summed E-state index contributed by atoms with van der Waals surface area (Å²) < 4.78 is 7.05. The minimum atomic E-state index is -0.300. The summed E-state index contributed by atoms with van der Waals surface area (Å²) in [6.45, 7) is 4.88. The van der Waals surface area contributed by atoms with Crippen LogP contribution in [0.15, 0.2) is 60.8 Å². The highest BCUT2D eigenvalue weighted by atomic mass is 16.5. The molecule has 0 saturated carbocycles. The van der Waals surface area contributed by atoms with Crippen LogP contribution in [-0.4, -0.2) is 73.8 Å². The number of anilines is 1. The van der Waals surface area contributed by atoms with E-state index in [1.165, 1.54) is 0 Å². The zero-order chi connectivity index (χ0) is 22.5. The Hall–Kier alpha value is -3.89. The van der Waals surface area contributed by atoms with E-state index < -0.39 is 0 Å². The zero-order valence-corrected chi connectivity index (χ0v) is 18.0. The molecule has 0 bridgehead atoms. The van der Waals surface area contributed by atoms with Crippen LogP contribution in [0.5, 0.6) is 0 Å². The highest BCUT2D eigenvalue weighted by molar-refractivity contribution is 6.02. The van der Waals surface area contributed by atoms with Gasteiger partial charge in [-0.2, -0.15) is 5.10 Å². The molecule has 0 aliphatic carbocycles. The van der Waals surface area contributed by atoms with Crippen molar-refractivity contribution in [1.82, 2.24) is 35.1 Å². The van der Waals surface area contributed by atoms with Gasteiger partial charge in [0.2, 0.25) is 0 Å². The van der Waals surface area contributed by atoms with Crippen molar-refractivity contribution in [2.75, 3.05) is 38.2 Å². The Morgan fingerprint density at radius 3 is 2.58 bits per heavy atom. The van der Waals surface area contributed by atoms with Gasteiger partial charge in [0.15, 0.2) is 17.3 Å². The number of ether oxygens (including phenoxy) is 1. The molecule has 1 fully saturated rings. The molecule has 1 aliphatic heterocycles. The predicted molar refractivity (Wildman–Crippen MR) is 122 cm³/mol. The van der Waals surface area contributed by atoms with Crippen LogP contribution in [-0.2, 0) is 11.3 Å². The average molecular weight is 444 g/mol. The highest BCUT2D eigenvalue weighted by Gasteiger charge is 2.14. The fourth-order valence-corrected chi connectivity index (χ4v) is 3.59. The van der Waals surface area contributed by atoms with Gasteiger partial charge in [-0.25, -0.2) is 4.98 Å². The number of aromatic amines is 1. The van der Waals surface area contributed by atoms with Gasteiger partial charge in [0.1, 0.15) is 0 Å². The van der Waals surface area contributed by atoms with Gasteiger partial charge in [-0.3, -0.25) is 19.5 Å². The molecule has 10 nitrogen and oxygen atoms in total. The first-order valence-electron chi connectivity index (χ1n) is 10.8. The summed E-state index contributed by atoms with van der Waals surface area (Å²) in [6.07, 6.45) is 1.67. The first-order chi connectivity index (χ1) is 16.2. The SMILES string of the molecule is O=C(Nc1ccc(-c2nc(-c3ccccc3)n[nH]2)cc1)c1cn(CCN2CCOCC2)nn1. The number of rotatable bonds is 7. The van der Waals surface area contributed by atoms with Crippen LogP contribution >= 0.6 is 0 Å². The van der Waals surface area contributed by atoms with Gasteiger partial charge < -0.3 is 10.1 Å². The number of hydrogen-bond acceptors (Lipinski definition) is 7. The lowest BCUT2D eigenvalue weighted by molar-refractivity contribution is 0.0359. The van der Waals surface area contributed by atoms with Crippen LogP contribution in [0.25, 0.3) is 22.8 Å². The molecule has 1 saturated heterocycles. The minimum absolute atomic E-state index is 0.281. The van der Waals surface area contributed by atoms with Gasteiger partial charge in [-0.05, 0) is 24.3 Å². The van der Waals surface area contributed by atoms with E-state index in [0.29, 0.717) is 23.9 Å². The number of hydrogen-bond donors (Lipinski definition) is 2. The van der Waals surface area contributed by atoms with Gasteiger partial charge in [0.05, 0.1) is 26.0 Å². The van der Waals surface area contributed by atoms with Crippen molar-refractivity contribution in [2.24, 2.45) is 0 Å². The Morgan fingerprint density at radius 2 is 1.79 bits per heavy atom. The molecule has 0 atom stereocenters. The van der Waals surface area contributed by atoms with Crippen LogP contribution < -0.4 is 5.32 Å². The molecule has 5 rings (SSSR count). The first kappa shape index (κ1) is 21.0. The lowest BCUT2D eigenvalue weighted by atomic mass is 10.2. The Labute approximate surface area is 190 Å². The molecular weight excluding hydrogens is 420 g/mol. The second-order valence-corrected chi connectivity index (χ2v) is 7.73. The summed E-state index contributed by atoms with van der Waals surface area (Å²) >= 11 is 0. The third kappa shape index (κ3) is 5.13. The molecule has 2 aromatic heterocycles. The van der Waals surface area contributed by atoms with Crippen molar-refractivity contribution < 1.29 is 9.53 Å². The van der Waals surface area contributed by atoms with Gasteiger partial charge in [0, 0.05) is 36.4 Å². The highest BCUT2D eigenvalue weighted by Crippen LogP contribution is 2.21. The van der Waals surface area contributed by atoms with Crippen LogP contribution in [0.4, 0.5) is 5.69 Å². The summed E-state index contributed by atoms with van der Waals surface area (Å²) in [5, 5.41) is 18.2. The fraction of sp³-hybridized carbons (Fsp3) is 0.261. The fourth-order valence-electron chi connectivity index (χ4n) is 3.59. The second-order valence-electron chi connectivity index (χ2n) is 7.73. The normalized spacial score (nSPS) is 14.3. The molecule has 2 aromatic carbocycles. The van der Waals surface area contributed by atoms with E-state index in [0.717, 1.165) is 44.0 Å². The third-order valence-electron chi connectivity index (χ3n) is 5.45. The summed E-state index contributed by atoms with van der Waals surface area (Å²) in [4.78, 5) is 19.4. The van der Waals surface area contributed by atoms with Crippen LogP contribution in [0.2, 0.25) is 0 Å². The van der Waals surface area contributed by atoms with Crippen LogP contribution in [0, 0.1) is 0 Å². The summed E-state index contributed by atoms with van der Waals surface area (Å²) in [6, 6.07) is 17.2. The lowest BCUT2D eigenvalue weighted by Crippen LogP contribution is -2.38. The quantitative estimate of drug-likeness (QED) is 0.450. The molecule has 3 heterocycles. The minimum Gasteiger partial charge on any atom is -0.379 e. The van der Waals surface area contributed by atoms with E-state index in [-0.39, 0.29) is 11.6 Å². The maximum absolute atomic E-state index is 12.6. The maximum Gasteiger partial charge on any atom is 0.277 e. The summed E-state index contributed by atoms with van der Waals surface area (Å²) in [5.74, 6) is 1.00. The van der Waals surface area contributed by atoms with Gasteiger partial charge in [0.25, 0.3) is 5.91 Å². The lowest BCUT2D eigenvalue weighted by Gasteiger charge is -2.26. The molecule has 1 amide bonds. The van der Waals surface area contributed by atoms with E-state index in [1.54, 1.807) is 10.9 Å². The predicted octanol–water partition coefficient (Wildman–Crippen LogP) is 2.31. The molecule has 4 aromatic rings. The molecule has 2 N–H and O–H groups in total. The Morgan fingerprint density at radius 1 is 1.00 bits per heavy atom. The number of carbonyl (C=O) groups is 1. The van der Waals surface area contributed by atoms with Crippen molar-refractivity contribution in [3.05, 3.63) is 66.5 Å². The van der Waals surface area contributed by atoms with E-state index in [4.69, 9.17) is 4.74 Å². The summed E-state index contributed by atoms with van der Waals surface area (Å²) in [7, 11) is 0. The number of aromatic nitrogens is 6. The largest absolute Gasteiger partial charge is 0.379 e. The van der Waals surface area contributed by atoms with Crippen molar-refractivity contribution in [1.29, 1.82) is 0 Å². The third-order valence-corrected chi connectivity index (χ3v) is 5.45. The number of amides is 1. The monoisotopic (exact) mass is 444 g/mol. The molecule has 168 valence electrons.